The van der Waals surface area contributed by atoms with E-state index in [0.29, 0.717) is 26.2 Å². The second-order valence-corrected chi connectivity index (χ2v) is 9.73. The van der Waals surface area contributed by atoms with E-state index >= 15 is 0 Å². The van der Waals surface area contributed by atoms with Crippen molar-refractivity contribution in [3.63, 3.8) is 0 Å². The molecule has 0 aliphatic carbocycles. The van der Waals surface area contributed by atoms with Gasteiger partial charge in [-0.3, -0.25) is 9.69 Å². The van der Waals surface area contributed by atoms with E-state index in [4.69, 9.17) is 0 Å². The number of nitrogens with one attached hydrogen (secondary N) is 1. The van der Waals surface area contributed by atoms with Gasteiger partial charge in [0.2, 0.25) is 10.0 Å². The minimum atomic E-state index is -4.08. The maximum atomic E-state index is 14.2. The molecule has 172 valence electrons. The second-order valence-electron chi connectivity index (χ2n) is 7.99. The molecule has 0 atom stereocenters. The van der Waals surface area contributed by atoms with E-state index in [2.05, 4.69) is 46.5 Å². The maximum absolute atomic E-state index is 14.2. The van der Waals surface area contributed by atoms with Crippen LogP contribution >= 0.6 is 0 Å². The van der Waals surface area contributed by atoms with Crippen molar-refractivity contribution in [3.8, 4) is 0 Å². The zero-order valence-electron chi connectivity index (χ0n) is 18.2. The van der Waals surface area contributed by atoms with Crippen LogP contribution < -0.4 is 4.72 Å². The molecule has 1 N–H and O–H groups in total. The highest BCUT2D eigenvalue weighted by molar-refractivity contribution is 7.89. The highest BCUT2D eigenvalue weighted by Crippen LogP contribution is 2.22. The smallest absolute Gasteiger partial charge is 0.253 e. The number of carbonyl (C=O) groups excluding carboxylic acids is 1. The van der Waals surface area contributed by atoms with Crippen LogP contribution in [0.5, 0.6) is 0 Å². The molecule has 33 heavy (non-hydrogen) atoms. The normalized spacial score (nSPS) is 15.0. The lowest BCUT2D eigenvalue weighted by atomic mass is 10.0. The molecule has 1 heterocycles. The Kier molecular flexibility index (Phi) is 6.88. The molecule has 6 nitrogen and oxygen atoms in total. The number of halogens is 1. The van der Waals surface area contributed by atoms with Crippen LogP contribution in [0.3, 0.4) is 0 Å². The highest BCUT2D eigenvalue weighted by Gasteiger charge is 2.25. The first-order valence-electron chi connectivity index (χ1n) is 10.8. The number of sulfonamides is 1. The zero-order valence-corrected chi connectivity index (χ0v) is 19.0. The summed E-state index contributed by atoms with van der Waals surface area (Å²) in [5.74, 6) is -1.21. The summed E-state index contributed by atoms with van der Waals surface area (Å²) in [6.07, 6.45) is 1.36. The first-order chi connectivity index (χ1) is 15.9. The molecule has 1 amide bonds. The van der Waals surface area contributed by atoms with Gasteiger partial charge in [0.25, 0.3) is 5.91 Å². The predicted molar refractivity (Wildman–Crippen MR) is 127 cm³/mol. The Balaban J connectivity index is 1.43. The number of amides is 1. The van der Waals surface area contributed by atoms with E-state index in [0.717, 1.165) is 18.7 Å². The lowest BCUT2D eigenvalue weighted by Crippen LogP contribution is -2.48. The van der Waals surface area contributed by atoms with Gasteiger partial charge < -0.3 is 4.90 Å². The molecule has 3 aromatic rings. The van der Waals surface area contributed by atoms with Gasteiger partial charge in [0, 0.05) is 44.8 Å². The van der Waals surface area contributed by atoms with Gasteiger partial charge in [-0.1, -0.05) is 48.5 Å². The number of hydrogen-bond acceptors (Lipinski definition) is 4. The molecule has 0 radical (unpaired) electrons. The first kappa shape index (κ1) is 23.1. The predicted octanol–water partition coefficient (Wildman–Crippen LogP) is 3.40. The Hall–Kier alpha value is -3.07. The van der Waals surface area contributed by atoms with Crippen molar-refractivity contribution in [1.82, 2.24) is 14.5 Å². The Labute approximate surface area is 193 Å². The van der Waals surface area contributed by atoms with Gasteiger partial charge in [-0.25, -0.2) is 17.5 Å². The molecule has 0 aromatic heterocycles. The van der Waals surface area contributed by atoms with Gasteiger partial charge in [0.05, 0.1) is 0 Å². The average molecular weight is 468 g/mol. The number of fused-ring (bicyclic) bond motifs is 1. The van der Waals surface area contributed by atoms with Crippen LogP contribution in [-0.2, 0) is 16.6 Å². The summed E-state index contributed by atoms with van der Waals surface area (Å²) in [6.45, 7) is 6.63. The fourth-order valence-corrected chi connectivity index (χ4v) is 5.15. The molecule has 0 saturated carbocycles. The van der Waals surface area contributed by atoms with Gasteiger partial charge in [-0.05, 0) is 34.5 Å². The number of hydrogen-bond donors (Lipinski definition) is 1. The minimum Gasteiger partial charge on any atom is -0.336 e. The summed E-state index contributed by atoms with van der Waals surface area (Å²) in [5.41, 5.74) is 1.39. The lowest BCUT2D eigenvalue weighted by molar-refractivity contribution is 0.0628. The number of carbonyl (C=O) groups is 1. The number of nitrogens with zero attached hydrogens (tertiary/aromatic N) is 2. The molecule has 4 rings (SSSR count). The maximum Gasteiger partial charge on any atom is 0.253 e. The molecule has 1 aliphatic rings. The molecule has 8 heteroatoms. The number of rotatable bonds is 7. The summed E-state index contributed by atoms with van der Waals surface area (Å²) in [6, 6.07) is 18.0. The van der Waals surface area contributed by atoms with Gasteiger partial charge in [-0.15, -0.1) is 6.58 Å². The summed E-state index contributed by atoms with van der Waals surface area (Å²) in [5, 5.41) is 2.43. The topological polar surface area (TPSA) is 69.7 Å². The van der Waals surface area contributed by atoms with Crippen molar-refractivity contribution in [3.05, 3.63) is 90.3 Å². The van der Waals surface area contributed by atoms with Crippen molar-refractivity contribution in [2.75, 3.05) is 32.7 Å². The molecule has 1 aliphatic heterocycles. The average Bonchev–Trinajstić information content (AvgIpc) is 2.83. The van der Waals surface area contributed by atoms with Crippen LogP contribution in [0.25, 0.3) is 10.8 Å². The molecule has 1 fully saturated rings. The standard InChI is InChI=1S/C25H26FN3O3S/c1-2-12-27-33(31,32)24-17-20(10-11-23(24)26)25(30)29-15-13-28(14-16-29)18-21-8-5-7-19-6-3-4-9-22(19)21/h2-11,17,27H,1,12-16,18H2. The van der Waals surface area contributed by atoms with E-state index < -0.39 is 20.7 Å². The Morgan fingerprint density at radius 3 is 2.52 bits per heavy atom. The summed E-state index contributed by atoms with van der Waals surface area (Å²) in [7, 11) is -4.08. The van der Waals surface area contributed by atoms with Crippen molar-refractivity contribution in [2.24, 2.45) is 0 Å². The van der Waals surface area contributed by atoms with E-state index in [-0.39, 0.29) is 18.0 Å². The Bertz CT molecular complexity index is 1280. The Morgan fingerprint density at radius 1 is 1.03 bits per heavy atom. The van der Waals surface area contributed by atoms with Crippen molar-refractivity contribution < 1.29 is 17.6 Å². The second kappa shape index (κ2) is 9.82. The fraction of sp³-hybridized carbons (Fsp3) is 0.240. The molecule has 0 bridgehead atoms. The van der Waals surface area contributed by atoms with E-state index in [1.165, 1.54) is 28.5 Å². The van der Waals surface area contributed by atoms with Crippen LogP contribution in [0.15, 0.2) is 78.2 Å². The fourth-order valence-electron chi connectivity index (χ4n) is 4.05. The lowest BCUT2D eigenvalue weighted by Gasteiger charge is -2.35. The van der Waals surface area contributed by atoms with E-state index in [1.807, 2.05) is 12.1 Å². The molecule has 0 unspecified atom stereocenters. The quantitative estimate of drug-likeness (QED) is 0.541. The van der Waals surface area contributed by atoms with Crippen LogP contribution in [0.4, 0.5) is 4.39 Å². The summed E-state index contributed by atoms with van der Waals surface area (Å²) < 4.78 is 41.1. The van der Waals surface area contributed by atoms with E-state index in [1.54, 1.807) is 4.90 Å². The van der Waals surface area contributed by atoms with Crippen LogP contribution in [0.1, 0.15) is 15.9 Å². The first-order valence-corrected chi connectivity index (χ1v) is 12.3. The summed E-state index contributed by atoms with van der Waals surface area (Å²) >= 11 is 0. The van der Waals surface area contributed by atoms with Crippen molar-refractivity contribution in [2.45, 2.75) is 11.4 Å². The molecule has 3 aromatic carbocycles. The van der Waals surface area contributed by atoms with Crippen molar-refractivity contribution in [1.29, 1.82) is 0 Å². The van der Waals surface area contributed by atoms with Gasteiger partial charge >= 0.3 is 0 Å². The van der Waals surface area contributed by atoms with E-state index in [9.17, 15) is 17.6 Å². The minimum absolute atomic E-state index is 0.0292. The zero-order chi connectivity index (χ0) is 23.4. The van der Waals surface area contributed by atoms with Crippen molar-refractivity contribution >= 4 is 26.7 Å². The molecular weight excluding hydrogens is 441 g/mol. The number of piperazine rings is 1. The molecule has 1 saturated heterocycles. The van der Waals surface area contributed by atoms with Crippen LogP contribution in [-0.4, -0.2) is 56.8 Å². The third-order valence-corrected chi connectivity index (χ3v) is 7.26. The Morgan fingerprint density at radius 2 is 1.76 bits per heavy atom. The van der Waals surface area contributed by atoms with Crippen LogP contribution in [0.2, 0.25) is 0 Å². The molecule has 0 spiro atoms. The largest absolute Gasteiger partial charge is 0.336 e. The van der Waals surface area contributed by atoms with Gasteiger partial charge in [0.1, 0.15) is 10.7 Å². The van der Waals surface area contributed by atoms with Gasteiger partial charge in [-0.2, -0.15) is 0 Å². The summed E-state index contributed by atoms with van der Waals surface area (Å²) in [4.78, 5) is 16.4. The SMILES string of the molecule is C=CCNS(=O)(=O)c1cc(C(=O)N2CCN(Cc3cccc4ccccc34)CC2)ccc1F. The monoisotopic (exact) mass is 467 g/mol. The number of benzene rings is 3. The van der Waals surface area contributed by atoms with Crippen LogP contribution in [0, 0.1) is 5.82 Å². The molecular formula is C25H26FN3O3S. The third kappa shape index (κ3) is 5.13. The third-order valence-electron chi connectivity index (χ3n) is 5.82. The van der Waals surface area contributed by atoms with Gasteiger partial charge in [0.15, 0.2) is 0 Å². The highest BCUT2D eigenvalue weighted by atomic mass is 32.2.